The molecule has 0 atom stereocenters. The van der Waals surface area contributed by atoms with Crippen molar-refractivity contribution in [3.05, 3.63) is 57.9 Å². The van der Waals surface area contributed by atoms with Crippen LogP contribution < -0.4 is 0 Å². The second kappa shape index (κ2) is 4.96. The second-order valence-electron chi connectivity index (χ2n) is 3.96. The molecule has 2 aromatic carbocycles. The summed E-state index contributed by atoms with van der Waals surface area (Å²) < 4.78 is 13.7. The first-order valence-electron chi connectivity index (χ1n) is 5.41. The van der Waals surface area contributed by atoms with E-state index in [4.69, 9.17) is 5.11 Å². The molecule has 0 heterocycles. The summed E-state index contributed by atoms with van der Waals surface area (Å²) in [5.74, 6) is -2.50. The third kappa shape index (κ3) is 2.41. The Morgan fingerprint density at radius 3 is 2.50 bits per heavy atom. The van der Waals surface area contributed by atoms with Gasteiger partial charge in [-0.15, -0.1) is 0 Å². The fourth-order valence-corrected chi connectivity index (χ4v) is 1.72. The van der Waals surface area contributed by atoms with Crippen molar-refractivity contribution in [1.29, 1.82) is 0 Å². The van der Waals surface area contributed by atoms with Crippen LogP contribution in [0.4, 0.5) is 10.1 Å². The molecule has 20 heavy (non-hydrogen) atoms. The maximum Gasteiger partial charge on any atom is 0.335 e. The van der Waals surface area contributed by atoms with Crippen molar-refractivity contribution in [2.24, 2.45) is 0 Å². The number of phenols is 1. The monoisotopic (exact) mass is 277 g/mol. The quantitative estimate of drug-likeness (QED) is 0.663. The van der Waals surface area contributed by atoms with Gasteiger partial charge in [-0.05, 0) is 29.8 Å². The standard InChI is InChI=1S/C13H8FNO5/c14-10-3-1-8(13(17)18)5-9(10)7-2-4-12(16)11(6-7)15(19)20/h1-6,16H,(H,17,18). The molecule has 0 aliphatic heterocycles. The molecule has 0 spiro atoms. The lowest BCUT2D eigenvalue weighted by molar-refractivity contribution is -0.385. The number of carboxylic acids is 1. The smallest absolute Gasteiger partial charge is 0.335 e. The molecule has 0 aliphatic carbocycles. The number of benzene rings is 2. The molecular formula is C13H8FNO5. The number of aromatic carboxylic acids is 1. The Balaban J connectivity index is 2.62. The summed E-state index contributed by atoms with van der Waals surface area (Å²) in [6, 6.07) is 6.45. The summed E-state index contributed by atoms with van der Waals surface area (Å²) in [4.78, 5) is 20.8. The van der Waals surface area contributed by atoms with E-state index in [0.717, 1.165) is 30.3 Å². The highest BCUT2D eigenvalue weighted by molar-refractivity contribution is 5.89. The number of carboxylic acid groups (broad SMARTS) is 1. The van der Waals surface area contributed by atoms with Crippen LogP contribution in [0.25, 0.3) is 11.1 Å². The van der Waals surface area contributed by atoms with Crippen LogP contribution in [0.15, 0.2) is 36.4 Å². The van der Waals surface area contributed by atoms with Gasteiger partial charge in [-0.1, -0.05) is 6.07 Å². The van der Waals surface area contributed by atoms with Crippen LogP contribution in [0.3, 0.4) is 0 Å². The number of carbonyl (C=O) groups is 1. The zero-order valence-corrected chi connectivity index (χ0v) is 9.91. The summed E-state index contributed by atoms with van der Waals surface area (Å²) in [6.07, 6.45) is 0. The number of rotatable bonds is 3. The Morgan fingerprint density at radius 1 is 1.20 bits per heavy atom. The zero-order chi connectivity index (χ0) is 14.9. The molecule has 0 radical (unpaired) electrons. The molecule has 0 saturated heterocycles. The highest BCUT2D eigenvalue weighted by atomic mass is 19.1. The molecule has 0 amide bonds. The van der Waals surface area contributed by atoms with Gasteiger partial charge in [0, 0.05) is 11.6 Å². The lowest BCUT2D eigenvalue weighted by Crippen LogP contribution is -1.98. The van der Waals surface area contributed by atoms with E-state index < -0.39 is 28.1 Å². The fourth-order valence-electron chi connectivity index (χ4n) is 1.72. The van der Waals surface area contributed by atoms with Crippen molar-refractivity contribution in [2.45, 2.75) is 0 Å². The maximum atomic E-state index is 13.7. The van der Waals surface area contributed by atoms with Crippen LogP contribution in [0.1, 0.15) is 10.4 Å². The first-order valence-corrected chi connectivity index (χ1v) is 5.41. The molecule has 2 rings (SSSR count). The molecular weight excluding hydrogens is 269 g/mol. The van der Waals surface area contributed by atoms with Gasteiger partial charge in [0.25, 0.3) is 0 Å². The van der Waals surface area contributed by atoms with Crippen molar-refractivity contribution < 1.29 is 24.3 Å². The Labute approximate surface area is 111 Å². The van der Waals surface area contributed by atoms with E-state index in [0.29, 0.717) is 0 Å². The molecule has 6 nitrogen and oxygen atoms in total. The van der Waals surface area contributed by atoms with Gasteiger partial charge in [0.05, 0.1) is 10.5 Å². The lowest BCUT2D eigenvalue weighted by Gasteiger charge is -2.06. The van der Waals surface area contributed by atoms with E-state index in [9.17, 15) is 24.4 Å². The molecule has 0 unspecified atom stereocenters. The van der Waals surface area contributed by atoms with Gasteiger partial charge in [0.1, 0.15) is 5.82 Å². The molecule has 0 fully saturated rings. The number of nitro groups is 1. The van der Waals surface area contributed by atoms with Crippen molar-refractivity contribution in [3.63, 3.8) is 0 Å². The first-order chi connectivity index (χ1) is 9.40. The summed E-state index contributed by atoms with van der Waals surface area (Å²) in [7, 11) is 0. The number of halogens is 1. The molecule has 7 heteroatoms. The molecule has 0 aliphatic rings. The Morgan fingerprint density at radius 2 is 1.90 bits per heavy atom. The first kappa shape index (κ1) is 13.5. The van der Waals surface area contributed by atoms with Gasteiger partial charge in [0.2, 0.25) is 0 Å². The Kier molecular flexibility index (Phi) is 3.34. The van der Waals surface area contributed by atoms with E-state index >= 15 is 0 Å². The molecule has 2 aromatic rings. The third-order valence-electron chi connectivity index (χ3n) is 2.70. The minimum Gasteiger partial charge on any atom is -0.502 e. The van der Waals surface area contributed by atoms with Crippen molar-refractivity contribution >= 4 is 11.7 Å². The van der Waals surface area contributed by atoms with Crippen molar-refractivity contribution in [1.82, 2.24) is 0 Å². The predicted molar refractivity (Wildman–Crippen MR) is 67.1 cm³/mol. The van der Waals surface area contributed by atoms with Gasteiger partial charge >= 0.3 is 11.7 Å². The molecule has 102 valence electrons. The van der Waals surface area contributed by atoms with Gasteiger partial charge in [-0.3, -0.25) is 10.1 Å². The molecule has 0 saturated carbocycles. The lowest BCUT2D eigenvalue weighted by atomic mass is 10.0. The second-order valence-corrected chi connectivity index (χ2v) is 3.96. The van der Waals surface area contributed by atoms with Crippen LogP contribution in [0.2, 0.25) is 0 Å². The van der Waals surface area contributed by atoms with Crippen LogP contribution >= 0.6 is 0 Å². The van der Waals surface area contributed by atoms with Crippen LogP contribution in [0.5, 0.6) is 5.75 Å². The normalized spacial score (nSPS) is 10.2. The Bertz CT molecular complexity index is 714. The summed E-state index contributed by atoms with van der Waals surface area (Å²) in [5.41, 5.74) is -0.706. The number of phenolic OH excluding ortho intramolecular Hbond substituents is 1. The van der Waals surface area contributed by atoms with E-state index in [1.807, 2.05) is 0 Å². The average molecular weight is 277 g/mol. The summed E-state index contributed by atoms with van der Waals surface area (Å²) in [5, 5.41) is 28.9. The highest BCUT2D eigenvalue weighted by Crippen LogP contribution is 2.32. The maximum absolute atomic E-state index is 13.7. The highest BCUT2D eigenvalue weighted by Gasteiger charge is 2.17. The zero-order valence-electron chi connectivity index (χ0n) is 9.91. The van der Waals surface area contributed by atoms with Gasteiger partial charge in [0.15, 0.2) is 5.75 Å². The van der Waals surface area contributed by atoms with Crippen molar-refractivity contribution in [3.8, 4) is 16.9 Å². The molecule has 2 N–H and O–H groups in total. The van der Waals surface area contributed by atoms with E-state index in [-0.39, 0.29) is 16.7 Å². The minimum atomic E-state index is -1.24. The van der Waals surface area contributed by atoms with Crippen LogP contribution in [-0.4, -0.2) is 21.1 Å². The molecule has 0 aromatic heterocycles. The van der Waals surface area contributed by atoms with Crippen molar-refractivity contribution in [2.75, 3.05) is 0 Å². The third-order valence-corrected chi connectivity index (χ3v) is 2.70. The van der Waals surface area contributed by atoms with Crippen LogP contribution in [-0.2, 0) is 0 Å². The van der Waals surface area contributed by atoms with Crippen LogP contribution in [0, 0.1) is 15.9 Å². The van der Waals surface area contributed by atoms with Gasteiger partial charge < -0.3 is 10.2 Å². The fraction of sp³-hybridized carbons (Fsp3) is 0. The van der Waals surface area contributed by atoms with Gasteiger partial charge in [-0.2, -0.15) is 0 Å². The number of nitrogens with zero attached hydrogens (tertiary/aromatic N) is 1. The topological polar surface area (TPSA) is 101 Å². The van der Waals surface area contributed by atoms with Gasteiger partial charge in [-0.25, -0.2) is 9.18 Å². The Hall–Kier alpha value is -2.96. The largest absolute Gasteiger partial charge is 0.502 e. The average Bonchev–Trinajstić information content (AvgIpc) is 2.39. The number of hydrogen-bond acceptors (Lipinski definition) is 4. The number of nitro benzene ring substituents is 1. The van der Waals surface area contributed by atoms with E-state index in [1.165, 1.54) is 6.07 Å². The molecule has 0 bridgehead atoms. The predicted octanol–water partition coefficient (Wildman–Crippen LogP) is 2.80. The number of hydrogen-bond donors (Lipinski definition) is 2. The minimum absolute atomic E-state index is 0.0898. The van der Waals surface area contributed by atoms with E-state index in [1.54, 1.807) is 0 Å². The van der Waals surface area contributed by atoms with E-state index in [2.05, 4.69) is 0 Å². The SMILES string of the molecule is O=C(O)c1ccc(F)c(-c2ccc(O)c([N+](=O)[O-])c2)c1. The summed E-state index contributed by atoms with van der Waals surface area (Å²) >= 11 is 0. The number of aromatic hydroxyl groups is 1. The summed E-state index contributed by atoms with van der Waals surface area (Å²) in [6.45, 7) is 0.